The molecule has 19 heavy (non-hydrogen) atoms. The first-order chi connectivity index (χ1) is 8.95. The Balaban J connectivity index is 2.59. The first-order valence-electron chi connectivity index (χ1n) is 7.55. The maximum absolute atomic E-state index is 6.11. The average Bonchev–Trinajstić information content (AvgIpc) is 2.57. The summed E-state index contributed by atoms with van der Waals surface area (Å²) in [6, 6.07) is 0.438. The monoisotopic (exact) mass is 266 g/mol. The minimum absolute atomic E-state index is 0.438. The van der Waals surface area contributed by atoms with Crippen molar-refractivity contribution >= 4 is 11.5 Å². The molecular weight excluding hydrogens is 236 g/mol. The smallest absolute Gasteiger partial charge is 0.148 e. The molecule has 1 unspecified atom stereocenters. The van der Waals surface area contributed by atoms with Gasteiger partial charge in [-0.2, -0.15) is 5.10 Å². The van der Waals surface area contributed by atoms with Crippen LogP contribution in [0.5, 0.6) is 0 Å². The second-order valence-electron chi connectivity index (χ2n) is 5.94. The van der Waals surface area contributed by atoms with Crippen LogP contribution in [0, 0.1) is 12.8 Å². The van der Waals surface area contributed by atoms with Gasteiger partial charge in [0.05, 0.1) is 11.4 Å². The van der Waals surface area contributed by atoms with Crippen LogP contribution < -0.4 is 11.1 Å². The number of nitrogen functional groups attached to an aromatic ring is 1. The Morgan fingerprint density at radius 1 is 1.26 bits per heavy atom. The van der Waals surface area contributed by atoms with Gasteiger partial charge in [0.2, 0.25) is 0 Å². The van der Waals surface area contributed by atoms with E-state index in [1.54, 1.807) is 0 Å². The van der Waals surface area contributed by atoms with E-state index >= 15 is 0 Å². The van der Waals surface area contributed by atoms with E-state index in [-0.39, 0.29) is 0 Å². The Kier molecular flexibility index (Phi) is 6.19. The summed E-state index contributed by atoms with van der Waals surface area (Å²) < 4.78 is 2.00. The van der Waals surface area contributed by atoms with Gasteiger partial charge >= 0.3 is 0 Å². The summed E-state index contributed by atoms with van der Waals surface area (Å²) in [6.07, 6.45) is 4.78. The zero-order chi connectivity index (χ0) is 14.4. The third-order valence-electron chi connectivity index (χ3n) is 3.41. The van der Waals surface area contributed by atoms with Gasteiger partial charge in [0, 0.05) is 12.6 Å². The predicted octanol–water partition coefficient (Wildman–Crippen LogP) is 3.81. The van der Waals surface area contributed by atoms with Crippen LogP contribution in [-0.2, 0) is 6.54 Å². The van der Waals surface area contributed by atoms with Crippen molar-refractivity contribution in [2.75, 3.05) is 11.1 Å². The number of hydrogen-bond donors (Lipinski definition) is 2. The number of nitrogens with one attached hydrogen (secondary N) is 1. The van der Waals surface area contributed by atoms with Gasteiger partial charge in [-0.25, -0.2) is 4.68 Å². The van der Waals surface area contributed by atoms with Crippen LogP contribution in [0.2, 0.25) is 0 Å². The zero-order valence-corrected chi connectivity index (χ0v) is 13.2. The summed E-state index contributed by atoms with van der Waals surface area (Å²) in [5.41, 5.74) is 7.83. The van der Waals surface area contributed by atoms with E-state index in [9.17, 15) is 0 Å². The van der Waals surface area contributed by atoms with Crippen molar-refractivity contribution in [3.05, 3.63) is 5.69 Å². The number of nitrogens with zero attached hydrogens (tertiary/aromatic N) is 2. The maximum atomic E-state index is 6.11. The lowest BCUT2D eigenvalue weighted by Crippen LogP contribution is -2.19. The van der Waals surface area contributed by atoms with Gasteiger partial charge in [-0.15, -0.1) is 0 Å². The fourth-order valence-corrected chi connectivity index (χ4v) is 2.26. The standard InChI is InChI=1S/C15H30N4/c1-6-10-19-15(14(16)13(5)18-19)17-12(4)9-7-8-11(2)3/h11-12,17H,6-10,16H2,1-5H3. The lowest BCUT2D eigenvalue weighted by molar-refractivity contribution is 0.517. The van der Waals surface area contributed by atoms with E-state index in [1.165, 1.54) is 19.3 Å². The maximum Gasteiger partial charge on any atom is 0.148 e. The molecular formula is C15H30N4. The van der Waals surface area contributed by atoms with Crippen molar-refractivity contribution in [2.45, 2.75) is 72.9 Å². The van der Waals surface area contributed by atoms with E-state index in [0.717, 1.165) is 36.1 Å². The fourth-order valence-electron chi connectivity index (χ4n) is 2.26. The van der Waals surface area contributed by atoms with Crippen molar-refractivity contribution < 1.29 is 0 Å². The summed E-state index contributed by atoms with van der Waals surface area (Å²) >= 11 is 0. The van der Waals surface area contributed by atoms with Gasteiger partial charge in [0.25, 0.3) is 0 Å². The topological polar surface area (TPSA) is 55.9 Å². The molecule has 0 bridgehead atoms. The zero-order valence-electron chi connectivity index (χ0n) is 13.2. The molecule has 1 aromatic heterocycles. The molecule has 0 aliphatic heterocycles. The van der Waals surface area contributed by atoms with Crippen molar-refractivity contribution in [3.8, 4) is 0 Å². The third kappa shape index (κ3) is 4.77. The van der Waals surface area contributed by atoms with Crippen molar-refractivity contribution in [2.24, 2.45) is 5.92 Å². The van der Waals surface area contributed by atoms with E-state index in [0.29, 0.717) is 6.04 Å². The van der Waals surface area contributed by atoms with Gasteiger partial charge in [-0.1, -0.05) is 33.6 Å². The summed E-state index contributed by atoms with van der Waals surface area (Å²) in [6.45, 7) is 11.8. The molecule has 0 aliphatic carbocycles. The average molecular weight is 266 g/mol. The molecule has 0 aromatic carbocycles. The lowest BCUT2D eigenvalue weighted by Gasteiger charge is -2.17. The number of nitrogens with two attached hydrogens (primary N) is 1. The number of rotatable bonds is 8. The molecule has 0 amide bonds. The highest BCUT2D eigenvalue weighted by Crippen LogP contribution is 2.24. The molecule has 3 N–H and O–H groups in total. The molecule has 4 nitrogen and oxygen atoms in total. The molecule has 0 saturated heterocycles. The molecule has 0 spiro atoms. The molecule has 1 rings (SSSR count). The second kappa shape index (κ2) is 7.41. The largest absolute Gasteiger partial charge is 0.394 e. The molecule has 0 saturated carbocycles. The predicted molar refractivity (Wildman–Crippen MR) is 83.4 cm³/mol. The van der Waals surface area contributed by atoms with Crippen molar-refractivity contribution in [1.29, 1.82) is 0 Å². The molecule has 1 atom stereocenters. The molecule has 0 aliphatic rings. The third-order valence-corrected chi connectivity index (χ3v) is 3.41. The van der Waals surface area contributed by atoms with E-state index in [4.69, 9.17) is 5.73 Å². The SMILES string of the molecule is CCCn1nc(C)c(N)c1NC(C)CCCC(C)C. The number of aryl methyl sites for hydroxylation is 2. The lowest BCUT2D eigenvalue weighted by atomic mass is 10.0. The van der Waals surface area contributed by atoms with E-state index in [1.807, 2.05) is 11.6 Å². The fraction of sp³-hybridized carbons (Fsp3) is 0.800. The van der Waals surface area contributed by atoms with Gasteiger partial charge in [-0.05, 0) is 32.6 Å². The summed E-state index contributed by atoms with van der Waals surface area (Å²) in [7, 11) is 0. The van der Waals surface area contributed by atoms with Gasteiger partial charge in [-0.3, -0.25) is 0 Å². The molecule has 1 aromatic rings. The van der Waals surface area contributed by atoms with Gasteiger partial charge < -0.3 is 11.1 Å². The number of anilines is 2. The molecule has 110 valence electrons. The molecule has 0 radical (unpaired) electrons. The Morgan fingerprint density at radius 3 is 2.53 bits per heavy atom. The minimum Gasteiger partial charge on any atom is -0.394 e. The van der Waals surface area contributed by atoms with E-state index in [2.05, 4.69) is 38.1 Å². The minimum atomic E-state index is 0.438. The summed E-state index contributed by atoms with van der Waals surface area (Å²) in [5.74, 6) is 1.78. The van der Waals surface area contributed by atoms with Crippen LogP contribution in [0.4, 0.5) is 11.5 Å². The normalized spacial score (nSPS) is 12.9. The highest BCUT2D eigenvalue weighted by atomic mass is 15.3. The van der Waals surface area contributed by atoms with Crippen LogP contribution in [-0.4, -0.2) is 15.8 Å². The Hall–Kier alpha value is -1.19. The Morgan fingerprint density at radius 2 is 1.95 bits per heavy atom. The molecule has 1 heterocycles. The first-order valence-corrected chi connectivity index (χ1v) is 7.55. The van der Waals surface area contributed by atoms with Crippen LogP contribution >= 0.6 is 0 Å². The second-order valence-corrected chi connectivity index (χ2v) is 5.94. The first kappa shape index (κ1) is 15.9. The molecule has 4 heteroatoms. The van der Waals surface area contributed by atoms with Crippen LogP contribution in [0.1, 0.15) is 59.1 Å². The van der Waals surface area contributed by atoms with Crippen LogP contribution in [0.15, 0.2) is 0 Å². The van der Waals surface area contributed by atoms with Crippen LogP contribution in [0.3, 0.4) is 0 Å². The van der Waals surface area contributed by atoms with Gasteiger partial charge in [0.15, 0.2) is 0 Å². The number of aromatic nitrogens is 2. The highest BCUT2D eigenvalue weighted by Gasteiger charge is 2.14. The molecule has 0 fully saturated rings. The number of hydrogen-bond acceptors (Lipinski definition) is 3. The van der Waals surface area contributed by atoms with Gasteiger partial charge in [0.1, 0.15) is 5.82 Å². The van der Waals surface area contributed by atoms with Crippen molar-refractivity contribution in [1.82, 2.24) is 9.78 Å². The van der Waals surface area contributed by atoms with E-state index < -0.39 is 0 Å². The summed E-state index contributed by atoms with van der Waals surface area (Å²) in [4.78, 5) is 0. The quantitative estimate of drug-likeness (QED) is 0.752. The highest BCUT2D eigenvalue weighted by molar-refractivity contribution is 5.65. The Bertz CT molecular complexity index is 382. The summed E-state index contributed by atoms with van der Waals surface area (Å²) in [5, 5.41) is 8.02. The van der Waals surface area contributed by atoms with Crippen molar-refractivity contribution in [3.63, 3.8) is 0 Å². The Labute approximate surface area is 117 Å². The van der Waals surface area contributed by atoms with Crippen LogP contribution in [0.25, 0.3) is 0 Å².